The van der Waals surface area contributed by atoms with E-state index >= 15 is 0 Å². The maximum atomic E-state index is 5.50. The maximum absolute atomic E-state index is 5.50. The summed E-state index contributed by atoms with van der Waals surface area (Å²) >= 11 is 1.78. The van der Waals surface area contributed by atoms with Gasteiger partial charge in [-0.2, -0.15) is 0 Å². The summed E-state index contributed by atoms with van der Waals surface area (Å²) in [6, 6.07) is 0. The molecule has 3 heterocycles. The Morgan fingerprint density at radius 3 is 2.62 bits per heavy atom. The minimum Gasteiger partial charge on any atom is -0.348 e. The molecule has 0 amide bonds. The molecule has 0 unspecified atom stereocenters. The lowest BCUT2D eigenvalue weighted by atomic mass is 10.2. The third-order valence-electron chi connectivity index (χ3n) is 3.13. The Morgan fingerprint density at radius 2 is 2.06 bits per heavy atom. The Labute approximate surface area is 99.2 Å². The monoisotopic (exact) mass is 240 g/mol. The van der Waals surface area contributed by atoms with Gasteiger partial charge in [0.25, 0.3) is 0 Å². The zero-order valence-electron chi connectivity index (χ0n) is 9.55. The number of hydrogen-bond donors (Lipinski definition) is 0. The number of rotatable bonds is 2. The molecule has 0 radical (unpaired) electrons. The highest BCUT2D eigenvalue weighted by Crippen LogP contribution is 2.32. The Bertz CT molecular complexity index is 368. The van der Waals surface area contributed by atoms with Gasteiger partial charge < -0.3 is 14.4 Å². The first-order valence-corrected chi connectivity index (χ1v) is 6.49. The molecule has 1 aromatic rings. The summed E-state index contributed by atoms with van der Waals surface area (Å²) < 4.78 is 11.0. The molecule has 0 saturated carbocycles. The maximum Gasteiger partial charge on any atom is 0.185 e. The molecule has 0 aromatic carbocycles. The van der Waals surface area contributed by atoms with Gasteiger partial charge in [0.1, 0.15) is 19.0 Å². The second-order valence-corrected chi connectivity index (χ2v) is 5.67. The second kappa shape index (κ2) is 3.98. The van der Waals surface area contributed by atoms with Crippen LogP contribution in [0.3, 0.4) is 0 Å². The molecule has 2 atom stereocenters. The molecule has 2 aliphatic rings. The van der Waals surface area contributed by atoms with Crippen LogP contribution in [0.4, 0.5) is 5.13 Å². The number of aromatic nitrogens is 1. The fraction of sp³-hybridized carbons (Fsp3) is 0.727. The van der Waals surface area contributed by atoms with Gasteiger partial charge >= 0.3 is 0 Å². The fourth-order valence-corrected chi connectivity index (χ4v) is 3.06. The lowest BCUT2D eigenvalue weighted by molar-refractivity contribution is 0.0352. The van der Waals surface area contributed by atoms with Crippen molar-refractivity contribution in [3.05, 3.63) is 11.1 Å². The molecule has 3 rings (SSSR count). The number of fused-ring (bicyclic) bond motifs is 1. The van der Waals surface area contributed by atoms with Crippen molar-refractivity contribution in [3.8, 4) is 0 Å². The smallest absolute Gasteiger partial charge is 0.185 e. The van der Waals surface area contributed by atoms with Gasteiger partial charge in [0, 0.05) is 24.2 Å². The van der Waals surface area contributed by atoms with E-state index in [9.17, 15) is 0 Å². The molecular formula is C11H16N2O2S. The van der Waals surface area contributed by atoms with Crippen LogP contribution in [-0.2, 0) is 9.47 Å². The van der Waals surface area contributed by atoms with E-state index < -0.39 is 0 Å². The highest BCUT2D eigenvalue weighted by molar-refractivity contribution is 7.15. The lowest BCUT2D eigenvalue weighted by Crippen LogP contribution is -2.22. The normalized spacial score (nSPS) is 29.1. The summed E-state index contributed by atoms with van der Waals surface area (Å²) in [4.78, 5) is 8.09. The molecule has 0 aliphatic carbocycles. The van der Waals surface area contributed by atoms with Crippen molar-refractivity contribution in [1.82, 2.24) is 4.98 Å². The van der Waals surface area contributed by atoms with Crippen LogP contribution in [0.5, 0.6) is 0 Å². The van der Waals surface area contributed by atoms with E-state index in [1.54, 1.807) is 11.3 Å². The Balaban J connectivity index is 1.73. The number of hydrogen-bond acceptors (Lipinski definition) is 5. The van der Waals surface area contributed by atoms with Crippen molar-refractivity contribution in [3.63, 3.8) is 0 Å². The van der Waals surface area contributed by atoms with E-state index in [1.807, 2.05) is 6.20 Å². The predicted octanol–water partition coefficient (Wildman–Crippen LogP) is 1.83. The third-order valence-corrected chi connectivity index (χ3v) is 4.49. The van der Waals surface area contributed by atoms with Gasteiger partial charge in [0.2, 0.25) is 0 Å². The van der Waals surface area contributed by atoms with Crippen molar-refractivity contribution in [2.24, 2.45) is 0 Å². The topological polar surface area (TPSA) is 34.6 Å². The molecule has 0 bridgehead atoms. The van der Waals surface area contributed by atoms with Gasteiger partial charge in [0.05, 0.1) is 0 Å². The van der Waals surface area contributed by atoms with Crippen molar-refractivity contribution >= 4 is 16.5 Å². The largest absolute Gasteiger partial charge is 0.348 e. The second-order valence-electron chi connectivity index (χ2n) is 4.63. The average molecular weight is 240 g/mol. The van der Waals surface area contributed by atoms with Crippen LogP contribution in [0.25, 0.3) is 0 Å². The van der Waals surface area contributed by atoms with E-state index in [2.05, 4.69) is 23.7 Å². The van der Waals surface area contributed by atoms with Crippen LogP contribution in [0.1, 0.15) is 24.6 Å². The summed E-state index contributed by atoms with van der Waals surface area (Å²) in [6.07, 6.45) is 2.47. The van der Waals surface area contributed by atoms with Gasteiger partial charge in [-0.3, -0.25) is 0 Å². The molecule has 0 spiro atoms. The van der Waals surface area contributed by atoms with Crippen LogP contribution in [0.15, 0.2) is 6.20 Å². The number of ether oxygens (including phenoxy) is 2. The molecule has 2 saturated heterocycles. The van der Waals surface area contributed by atoms with Crippen LogP contribution in [0, 0.1) is 0 Å². The lowest BCUT2D eigenvalue weighted by Gasteiger charge is -2.14. The zero-order chi connectivity index (χ0) is 11.1. The molecule has 5 heteroatoms. The van der Waals surface area contributed by atoms with E-state index in [1.165, 1.54) is 4.88 Å². The summed E-state index contributed by atoms with van der Waals surface area (Å²) in [5, 5.41) is 1.10. The number of thiazole rings is 1. The van der Waals surface area contributed by atoms with E-state index in [0.717, 1.165) is 18.2 Å². The molecule has 0 N–H and O–H groups in total. The first-order valence-electron chi connectivity index (χ1n) is 5.68. The summed E-state index contributed by atoms with van der Waals surface area (Å²) in [5.41, 5.74) is 0. The van der Waals surface area contributed by atoms with Gasteiger partial charge in [-0.25, -0.2) is 4.98 Å². The first kappa shape index (κ1) is 10.5. The molecule has 1 aromatic heterocycles. The Morgan fingerprint density at radius 1 is 1.38 bits per heavy atom. The highest BCUT2D eigenvalue weighted by atomic mass is 32.1. The Kier molecular flexibility index (Phi) is 2.61. The van der Waals surface area contributed by atoms with E-state index in [-0.39, 0.29) is 12.2 Å². The van der Waals surface area contributed by atoms with Crippen LogP contribution >= 0.6 is 11.3 Å². The standard InChI is InChI=1S/C11H16N2O2S/c1-7(2)10-3-12-11(16-10)13-4-8-9(5-13)15-6-14-8/h3,7-9H,4-6H2,1-2H3/t8-,9+. The van der Waals surface area contributed by atoms with Crippen molar-refractivity contribution in [2.45, 2.75) is 32.0 Å². The summed E-state index contributed by atoms with van der Waals surface area (Å²) in [6.45, 7) is 6.67. The molecule has 88 valence electrons. The van der Waals surface area contributed by atoms with Crippen molar-refractivity contribution < 1.29 is 9.47 Å². The highest BCUT2D eigenvalue weighted by Gasteiger charge is 2.39. The van der Waals surface area contributed by atoms with Crippen molar-refractivity contribution in [2.75, 3.05) is 24.8 Å². The third kappa shape index (κ3) is 1.73. The summed E-state index contributed by atoms with van der Waals surface area (Å²) in [5.74, 6) is 0.556. The first-order chi connectivity index (χ1) is 7.74. The van der Waals surface area contributed by atoms with Crippen molar-refractivity contribution in [1.29, 1.82) is 0 Å². The number of anilines is 1. The molecule has 4 nitrogen and oxygen atoms in total. The average Bonchev–Trinajstić information content (AvgIpc) is 2.91. The van der Waals surface area contributed by atoms with E-state index in [0.29, 0.717) is 12.7 Å². The summed E-state index contributed by atoms with van der Waals surface area (Å²) in [7, 11) is 0. The SMILES string of the molecule is CC(C)c1cnc(N2C[C@@H]3OCO[C@@H]3C2)s1. The van der Waals surface area contributed by atoms with Gasteiger partial charge in [-0.05, 0) is 5.92 Å². The Hall–Kier alpha value is -0.650. The minimum absolute atomic E-state index is 0.242. The van der Waals surface area contributed by atoms with Gasteiger partial charge in [-0.1, -0.05) is 13.8 Å². The molecule has 16 heavy (non-hydrogen) atoms. The number of nitrogens with zero attached hydrogens (tertiary/aromatic N) is 2. The van der Waals surface area contributed by atoms with Gasteiger partial charge in [-0.15, -0.1) is 11.3 Å². The quantitative estimate of drug-likeness (QED) is 0.790. The van der Waals surface area contributed by atoms with Crippen LogP contribution < -0.4 is 4.90 Å². The molecule has 2 fully saturated rings. The fourth-order valence-electron chi connectivity index (χ4n) is 2.12. The van der Waals surface area contributed by atoms with E-state index in [4.69, 9.17) is 9.47 Å². The zero-order valence-corrected chi connectivity index (χ0v) is 10.4. The minimum atomic E-state index is 0.242. The predicted molar refractivity (Wildman–Crippen MR) is 63.0 cm³/mol. The molecule has 2 aliphatic heterocycles. The van der Waals surface area contributed by atoms with Gasteiger partial charge in [0.15, 0.2) is 5.13 Å². The molecular weight excluding hydrogens is 224 g/mol. The van der Waals surface area contributed by atoms with Crippen LogP contribution in [-0.4, -0.2) is 37.1 Å². The van der Waals surface area contributed by atoms with Crippen LogP contribution in [0.2, 0.25) is 0 Å².